The van der Waals surface area contributed by atoms with E-state index in [4.69, 9.17) is 10.8 Å². The second-order valence-electron chi connectivity index (χ2n) is 4.31. The number of aryl methyl sites for hydroxylation is 1. The van der Waals surface area contributed by atoms with E-state index in [1.807, 2.05) is 5.32 Å². The van der Waals surface area contributed by atoms with Crippen LogP contribution in [0.4, 0.5) is 5.69 Å². The van der Waals surface area contributed by atoms with Gasteiger partial charge in [0.1, 0.15) is 11.6 Å². The van der Waals surface area contributed by atoms with Gasteiger partial charge in [0, 0.05) is 6.07 Å². The molecule has 0 spiro atoms. The average molecular weight is 295 g/mol. The van der Waals surface area contributed by atoms with E-state index in [0.717, 1.165) is 6.07 Å². The first-order valence-corrected chi connectivity index (χ1v) is 5.79. The monoisotopic (exact) mass is 295 g/mol. The molecule has 0 fully saturated rings. The highest BCUT2D eigenvalue weighted by molar-refractivity contribution is 6.00. The summed E-state index contributed by atoms with van der Waals surface area (Å²) in [5.74, 6) is -3.34. The minimum atomic E-state index is -1.55. The van der Waals surface area contributed by atoms with Gasteiger partial charge in [-0.15, -0.1) is 0 Å². The number of nitro groups is 1. The van der Waals surface area contributed by atoms with Crippen molar-refractivity contribution in [3.63, 3.8) is 0 Å². The summed E-state index contributed by atoms with van der Waals surface area (Å²) < 4.78 is 0. The molecule has 0 aliphatic carbocycles. The zero-order chi connectivity index (χ0) is 16.2. The van der Waals surface area contributed by atoms with Crippen LogP contribution in [0.2, 0.25) is 0 Å². The molecule has 0 saturated heterocycles. The van der Waals surface area contributed by atoms with Crippen molar-refractivity contribution in [2.75, 3.05) is 0 Å². The Kier molecular flexibility index (Phi) is 4.95. The number of hydrogen-bond donors (Lipinski definition) is 3. The Hall–Kier alpha value is -2.97. The van der Waals surface area contributed by atoms with E-state index in [1.165, 1.54) is 12.1 Å². The summed E-state index contributed by atoms with van der Waals surface area (Å²) in [4.78, 5) is 43.8. The fraction of sp³-hybridized carbons (Fsp3) is 0.250. The second kappa shape index (κ2) is 6.46. The molecule has 9 heteroatoms. The maximum absolute atomic E-state index is 12.0. The number of carbonyl (C=O) groups is 3. The third kappa shape index (κ3) is 4.27. The molecule has 0 aliphatic heterocycles. The number of nitrogens with zero attached hydrogens (tertiary/aromatic N) is 1. The van der Waals surface area contributed by atoms with Crippen molar-refractivity contribution in [2.24, 2.45) is 5.73 Å². The number of amides is 2. The molecule has 1 aromatic carbocycles. The summed E-state index contributed by atoms with van der Waals surface area (Å²) in [6.07, 6.45) is -0.610. The highest BCUT2D eigenvalue weighted by Gasteiger charge is 2.26. The zero-order valence-corrected chi connectivity index (χ0v) is 11.0. The van der Waals surface area contributed by atoms with Crippen molar-refractivity contribution in [2.45, 2.75) is 19.4 Å². The molecule has 1 aromatic rings. The summed E-state index contributed by atoms with van der Waals surface area (Å²) in [7, 11) is 0. The number of nitrogens with two attached hydrogens (primary N) is 1. The number of carboxylic acid groups (broad SMARTS) is 1. The first-order valence-electron chi connectivity index (χ1n) is 5.79. The van der Waals surface area contributed by atoms with Crippen molar-refractivity contribution in [1.29, 1.82) is 0 Å². The predicted octanol–water partition coefficient (Wildman–Crippen LogP) is -0.0384. The Morgan fingerprint density at radius 2 is 2.05 bits per heavy atom. The van der Waals surface area contributed by atoms with Crippen molar-refractivity contribution < 1.29 is 24.4 Å². The maximum Gasteiger partial charge on any atom is 0.326 e. The molecule has 112 valence electrons. The lowest BCUT2D eigenvalue weighted by Gasteiger charge is -2.13. The SMILES string of the molecule is Cc1ccc([N+](=O)[O-])c(C(=O)N[C@H](CC(N)=O)C(=O)O)c1. The Balaban J connectivity index is 3.07. The van der Waals surface area contributed by atoms with Crippen molar-refractivity contribution in [3.8, 4) is 0 Å². The molecule has 1 rings (SSSR count). The molecule has 0 heterocycles. The molecule has 0 radical (unpaired) electrons. The van der Waals surface area contributed by atoms with Gasteiger partial charge in [-0.1, -0.05) is 6.07 Å². The largest absolute Gasteiger partial charge is 0.480 e. The Morgan fingerprint density at radius 3 is 2.52 bits per heavy atom. The van der Waals surface area contributed by atoms with E-state index < -0.39 is 40.9 Å². The molecule has 0 aromatic heterocycles. The Bertz CT molecular complexity index is 613. The van der Waals surface area contributed by atoms with Gasteiger partial charge in [-0.2, -0.15) is 0 Å². The quantitative estimate of drug-likeness (QED) is 0.494. The van der Waals surface area contributed by atoms with Gasteiger partial charge in [0.2, 0.25) is 5.91 Å². The highest BCUT2D eigenvalue weighted by atomic mass is 16.6. The number of hydrogen-bond acceptors (Lipinski definition) is 5. The van der Waals surface area contributed by atoms with Gasteiger partial charge >= 0.3 is 5.97 Å². The first-order chi connectivity index (χ1) is 9.72. The van der Waals surface area contributed by atoms with Crippen LogP contribution >= 0.6 is 0 Å². The third-order valence-corrected chi connectivity index (χ3v) is 2.60. The molecule has 1 atom stereocenters. The van der Waals surface area contributed by atoms with Crippen LogP contribution in [0.15, 0.2) is 18.2 Å². The van der Waals surface area contributed by atoms with Crippen LogP contribution in [0.1, 0.15) is 22.3 Å². The topological polar surface area (TPSA) is 153 Å². The summed E-state index contributed by atoms with van der Waals surface area (Å²) in [6, 6.07) is 2.31. The number of aliphatic carboxylic acids is 1. The number of carboxylic acids is 1. The van der Waals surface area contributed by atoms with Gasteiger partial charge < -0.3 is 16.2 Å². The van der Waals surface area contributed by atoms with Crippen LogP contribution in [-0.4, -0.2) is 33.9 Å². The lowest BCUT2D eigenvalue weighted by atomic mass is 10.1. The third-order valence-electron chi connectivity index (χ3n) is 2.60. The van der Waals surface area contributed by atoms with E-state index >= 15 is 0 Å². The molecule has 2 amide bonds. The van der Waals surface area contributed by atoms with Crippen LogP contribution in [0, 0.1) is 17.0 Å². The summed E-state index contributed by atoms with van der Waals surface area (Å²) in [5.41, 5.74) is 4.74. The number of nitro benzene ring substituents is 1. The molecule has 0 saturated carbocycles. The average Bonchev–Trinajstić information content (AvgIpc) is 2.36. The van der Waals surface area contributed by atoms with E-state index in [-0.39, 0.29) is 5.56 Å². The molecule has 4 N–H and O–H groups in total. The summed E-state index contributed by atoms with van der Waals surface area (Å²) in [6.45, 7) is 1.62. The number of nitrogens with one attached hydrogen (secondary N) is 1. The van der Waals surface area contributed by atoms with E-state index in [0.29, 0.717) is 5.56 Å². The van der Waals surface area contributed by atoms with Crippen molar-refractivity contribution >= 4 is 23.5 Å². The number of rotatable bonds is 6. The maximum atomic E-state index is 12.0. The highest BCUT2D eigenvalue weighted by Crippen LogP contribution is 2.19. The first kappa shape index (κ1) is 16.1. The van der Waals surface area contributed by atoms with Gasteiger partial charge in [0.05, 0.1) is 11.3 Å². The summed E-state index contributed by atoms with van der Waals surface area (Å²) >= 11 is 0. The minimum absolute atomic E-state index is 0.282. The zero-order valence-electron chi connectivity index (χ0n) is 11.0. The lowest BCUT2D eigenvalue weighted by Crippen LogP contribution is -2.43. The number of primary amides is 1. The van der Waals surface area contributed by atoms with Gasteiger partial charge in [-0.3, -0.25) is 19.7 Å². The number of benzene rings is 1. The second-order valence-corrected chi connectivity index (χ2v) is 4.31. The molecule has 21 heavy (non-hydrogen) atoms. The van der Waals surface area contributed by atoms with Gasteiger partial charge in [-0.25, -0.2) is 4.79 Å². The Labute approximate surface area is 118 Å². The smallest absolute Gasteiger partial charge is 0.326 e. The van der Waals surface area contributed by atoms with E-state index in [2.05, 4.69) is 0 Å². The molecule has 0 unspecified atom stereocenters. The van der Waals surface area contributed by atoms with Crippen LogP contribution in [0.5, 0.6) is 0 Å². The van der Waals surface area contributed by atoms with Crippen molar-refractivity contribution in [3.05, 3.63) is 39.4 Å². The lowest BCUT2D eigenvalue weighted by molar-refractivity contribution is -0.385. The minimum Gasteiger partial charge on any atom is -0.480 e. The van der Waals surface area contributed by atoms with Crippen LogP contribution < -0.4 is 11.1 Å². The Morgan fingerprint density at radius 1 is 1.43 bits per heavy atom. The van der Waals surface area contributed by atoms with Gasteiger partial charge in [0.25, 0.3) is 11.6 Å². The molecular formula is C12H13N3O6. The van der Waals surface area contributed by atoms with Gasteiger partial charge in [-0.05, 0) is 18.6 Å². The standard InChI is InChI=1S/C12H13N3O6/c1-6-2-3-9(15(20)21)7(4-6)11(17)14-8(12(18)19)5-10(13)16/h2-4,8H,5H2,1H3,(H2,13,16)(H,14,17)(H,18,19)/t8-/m1/s1. The molecule has 0 bridgehead atoms. The predicted molar refractivity (Wildman–Crippen MR) is 70.5 cm³/mol. The van der Waals surface area contributed by atoms with Gasteiger partial charge in [0.15, 0.2) is 0 Å². The fourth-order valence-electron chi connectivity index (χ4n) is 1.63. The number of carbonyl (C=O) groups excluding carboxylic acids is 2. The van der Waals surface area contributed by atoms with Crippen molar-refractivity contribution in [1.82, 2.24) is 5.32 Å². The summed E-state index contributed by atoms with van der Waals surface area (Å²) in [5, 5.41) is 21.8. The van der Waals surface area contributed by atoms with Crippen LogP contribution in [-0.2, 0) is 9.59 Å². The van der Waals surface area contributed by atoms with Crippen LogP contribution in [0.25, 0.3) is 0 Å². The molecule has 9 nitrogen and oxygen atoms in total. The normalized spacial score (nSPS) is 11.5. The van der Waals surface area contributed by atoms with E-state index in [9.17, 15) is 24.5 Å². The van der Waals surface area contributed by atoms with Crippen LogP contribution in [0.3, 0.4) is 0 Å². The van der Waals surface area contributed by atoms with E-state index in [1.54, 1.807) is 6.92 Å². The molecular weight excluding hydrogens is 282 g/mol. The molecule has 0 aliphatic rings. The fourth-order valence-corrected chi connectivity index (χ4v) is 1.63.